The van der Waals surface area contributed by atoms with Crippen molar-refractivity contribution in [3.8, 4) is 5.88 Å². The lowest BCUT2D eigenvalue weighted by molar-refractivity contribution is -0.0485. The van der Waals surface area contributed by atoms with Crippen molar-refractivity contribution in [1.29, 1.82) is 0 Å². The first-order valence-electron chi connectivity index (χ1n) is 6.19. The van der Waals surface area contributed by atoms with Gasteiger partial charge in [0.2, 0.25) is 11.8 Å². The van der Waals surface area contributed by atoms with Crippen molar-refractivity contribution in [3.05, 3.63) is 6.33 Å². The highest BCUT2D eigenvalue weighted by Gasteiger charge is 2.43. The van der Waals surface area contributed by atoms with Gasteiger partial charge in [-0.2, -0.15) is 9.97 Å². The molecule has 3 rings (SSSR count). The molecule has 0 aliphatic carbocycles. The number of aromatic nitrogens is 4. The summed E-state index contributed by atoms with van der Waals surface area (Å²) in [6.07, 6.45) is -0.474. The van der Waals surface area contributed by atoms with Crippen molar-refractivity contribution in [2.75, 3.05) is 19.5 Å². The Balaban J connectivity index is 2.07. The smallest absolute Gasteiger partial charge is 0.246 e. The molecule has 0 amide bonds. The first kappa shape index (κ1) is 14.7. The molecule has 21 heavy (non-hydrogen) atoms. The summed E-state index contributed by atoms with van der Waals surface area (Å²) < 4.78 is 12.1. The summed E-state index contributed by atoms with van der Waals surface area (Å²) in [5, 5.41) is 19.6. The van der Waals surface area contributed by atoms with Gasteiger partial charge in [-0.3, -0.25) is 4.57 Å². The highest BCUT2D eigenvalue weighted by Crippen LogP contribution is 2.36. The highest BCUT2D eigenvalue weighted by atomic mass is 127. The highest BCUT2D eigenvalue weighted by molar-refractivity contribution is 14.1. The Bertz CT molecular complexity index is 665. The molecular formula is C11H14IN5O4. The van der Waals surface area contributed by atoms with Gasteiger partial charge in [-0.05, 0) is 0 Å². The van der Waals surface area contributed by atoms with Gasteiger partial charge in [-0.1, -0.05) is 22.6 Å². The lowest BCUT2D eigenvalue weighted by atomic mass is 10.2. The Labute approximate surface area is 133 Å². The summed E-state index contributed by atoms with van der Waals surface area (Å²) in [4.78, 5) is 12.3. The van der Waals surface area contributed by atoms with E-state index in [2.05, 4.69) is 37.5 Å². The summed E-state index contributed by atoms with van der Waals surface area (Å²) in [5.74, 6) is 0.298. The third-order valence-electron chi connectivity index (χ3n) is 3.34. The van der Waals surface area contributed by atoms with Gasteiger partial charge >= 0.3 is 0 Å². The van der Waals surface area contributed by atoms with Crippen molar-refractivity contribution < 1.29 is 19.7 Å². The van der Waals surface area contributed by atoms with Gasteiger partial charge in [0.1, 0.15) is 6.10 Å². The topological polar surface area (TPSA) is 129 Å². The zero-order valence-corrected chi connectivity index (χ0v) is 13.2. The average Bonchev–Trinajstić information content (AvgIpc) is 3.01. The van der Waals surface area contributed by atoms with E-state index in [9.17, 15) is 10.2 Å². The number of anilines is 1. The standard InChI is InChI=1S/C11H14IN5O4/c1-20-9-6-8(15-11(13)16-9)17(3-14-6)10-7(19)5(12)4(2-18)21-10/h3-5,7,10,18-19H,2H2,1H3,(H2,13,15,16)/t4-,5+,7-,10-/m1/s1. The van der Waals surface area contributed by atoms with Crippen LogP contribution in [0.2, 0.25) is 0 Å². The largest absolute Gasteiger partial charge is 0.479 e. The fraction of sp³-hybridized carbons (Fsp3) is 0.545. The number of nitrogens with two attached hydrogens (primary N) is 1. The molecule has 0 spiro atoms. The number of aliphatic hydroxyl groups is 2. The van der Waals surface area contributed by atoms with Crippen LogP contribution < -0.4 is 10.5 Å². The number of hydrogen-bond donors (Lipinski definition) is 3. The molecule has 114 valence electrons. The maximum absolute atomic E-state index is 10.3. The maximum atomic E-state index is 10.3. The third-order valence-corrected chi connectivity index (χ3v) is 4.88. The van der Waals surface area contributed by atoms with Crippen molar-refractivity contribution in [2.45, 2.75) is 22.4 Å². The predicted molar refractivity (Wildman–Crippen MR) is 81.1 cm³/mol. The third kappa shape index (κ3) is 2.31. The van der Waals surface area contributed by atoms with Crippen molar-refractivity contribution in [2.24, 2.45) is 0 Å². The maximum Gasteiger partial charge on any atom is 0.246 e. The van der Waals surface area contributed by atoms with Crippen LogP contribution in [0.3, 0.4) is 0 Å². The molecule has 1 saturated heterocycles. The molecule has 0 radical (unpaired) electrons. The van der Waals surface area contributed by atoms with Crippen molar-refractivity contribution in [3.63, 3.8) is 0 Å². The van der Waals surface area contributed by atoms with Gasteiger partial charge in [0, 0.05) is 0 Å². The minimum atomic E-state index is -0.803. The van der Waals surface area contributed by atoms with E-state index < -0.39 is 18.4 Å². The summed E-state index contributed by atoms with van der Waals surface area (Å²) in [7, 11) is 1.46. The van der Waals surface area contributed by atoms with Crippen molar-refractivity contribution in [1.82, 2.24) is 19.5 Å². The normalized spacial score (nSPS) is 29.1. The molecule has 2 aromatic heterocycles. The first-order valence-corrected chi connectivity index (χ1v) is 7.44. The Morgan fingerprint density at radius 3 is 2.90 bits per heavy atom. The van der Waals surface area contributed by atoms with Crippen LogP contribution in [0.1, 0.15) is 6.23 Å². The van der Waals surface area contributed by atoms with Crippen LogP contribution in [-0.4, -0.2) is 59.6 Å². The Kier molecular flexibility index (Phi) is 3.86. The number of fused-ring (bicyclic) bond motifs is 1. The van der Waals surface area contributed by atoms with E-state index in [4.69, 9.17) is 15.2 Å². The number of aliphatic hydroxyl groups excluding tert-OH is 2. The van der Waals surface area contributed by atoms with Crippen LogP contribution in [0.25, 0.3) is 11.2 Å². The summed E-state index contributed by atoms with van der Waals surface area (Å²) >= 11 is 2.05. The molecule has 9 nitrogen and oxygen atoms in total. The second kappa shape index (κ2) is 5.51. The molecule has 0 bridgehead atoms. The fourth-order valence-corrected chi connectivity index (χ4v) is 3.07. The van der Waals surface area contributed by atoms with Crippen molar-refractivity contribution >= 4 is 39.7 Å². The van der Waals surface area contributed by atoms with Crippen LogP contribution in [0, 0.1) is 0 Å². The Hall–Kier alpha value is -1.24. The van der Waals surface area contributed by atoms with Crippen LogP contribution in [-0.2, 0) is 4.74 Å². The van der Waals surface area contributed by atoms with Gasteiger partial charge in [0.15, 0.2) is 17.4 Å². The minimum Gasteiger partial charge on any atom is -0.479 e. The van der Waals surface area contributed by atoms with E-state index in [1.807, 2.05) is 0 Å². The molecule has 10 heteroatoms. The summed E-state index contributed by atoms with van der Waals surface area (Å²) in [6, 6.07) is 0. The quantitative estimate of drug-likeness (QED) is 0.458. The van der Waals surface area contributed by atoms with Crippen LogP contribution in [0.5, 0.6) is 5.88 Å². The van der Waals surface area contributed by atoms with E-state index in [1.165, 1.54) is 13.4 Å². The van der Waals surface area contributed by atoms with Crippen LogP contribution in [0.4, 0.5) is 5.95 Å². The van der Waals surface area contributed by atoms with Gasteiger partial charge < -0.3 is 25.4 Å². The van der Waals surface area contributed by atoms with E-state index >= 15 is 0 Å². The average molecular weight is 407 g/mol. The Morgan fingerprint density at radius 2 is 2.29 bits per heavy atom. The molecule has 4 atom stereocenters. The molecule has 1 aliphatic rings. The first-order chi connectivity index (χ1) is 10.1. The van der Waals surface area contributed by atoms with Gasteiger partial charge in [-0.25, -0.2) is 4.98 Å². The fourth-order valence-electron chi connectivity index (χ4n) is 2.32. The predicted octanol–water partition coefficient (Wildman–Crippen LogP) is -0.529. The lowest BCUT2D eigenvalue weighted by Gasteiger charge is -2.16. The van der Waals surface area contributed by atoms with Gasteiger partial charge in [0.25, 0.3) is 0 Å². The molecule has 1 fully saturated rings. The van der Waals surface area contributed by atoms with Crippen LogP contribution >= 0.6 is 22.6 Å². The number of imidazole rings is 1. The summed E-state index contributed by atoms with van der Waals surface area (Å²) in [5.41, 5.74) is 6.49. The minimum absolute atomic E-state index is 0.0401. The zero-order chi connectivity index (χ0) is 15.1. The summed E-state index contributed by atoms with van der Waals surface area (Å²) in [6.45, 7) is -0.172. The number of nitrogen functional groups attached to an aromatic ring is 1. The molecule has 3 heterocycles. The monoisotopic (exact) mass is 407 g/mol. The lowest BCUT2D eigenvalue weighted by Crippen LogP contribution is -2.27. The number of halogens is 1. The molecule has 0 aromatic carbocycles. The molecule has 4 N–H and O–H groups in total. The van der Waals surface area contributed by atoms with E-state index in [1.54, 1.807) is 4.57 Å². The number of hydrogen-bond acceptors (Lipinski definition) is 8. The number of nitrogens with zero attached hydrogens (tertiary/aromatic N) is 4. The number of alkyl halides is 1. The van der Waals surface area contributed by atoms with Crippen LogP contribution in [0.15, 0.2) is 6.33 Å². The number of ether oxygens (including phenoxy) is 2. The van der Waals surface area contributed by atoms with E-state index in [-0.39, 0.29) is 22.4 Å². The zero-order valence-electron chi connectivity index (χ0n) is 11.0. The number of rotatable bonds is 3. The molecule has 0 saturated carbocycles. The van der Waals surface area contributed by atoms with Gasteiger partial charge in [0.05, 0.1) is 30.1 Å². The molecule has 2 aromatic rings. The Morgan fingerprint density at radius 1 is 1.52 bits per heavy atom. The molecule has 0 unspecified atom stereocenters. The number of methoxy groups -OCH3 is 1. The second-order valence-electron chi connectivity index (χ2n) is 4.60. The van der Waals surface area contributed by atoms with E-state index in [0.29, 0.717) is 11.2 Å². The molecule has 1 aliphatic heterocycles. The van der Waals surface area contributed by atoms with Gasteiger partial charge in [-0.15, -0.1) is 0 Å². The SMILES string of the molecule is COc1nc(N)nc2c1ncn2[C@@H]1O[C@H](CO)[C@H](I)[C@H]1O. The van der Waals surface area contributed by atoms with E-state index in [0.717, 1.165) is 0 Å². The second-order valence-corrected chi connectivity index (χ2v) is 6.04. The molecular weight excluding hydrogens is 393 g/mol.